The highest BCUT2D eigenvalue weighted by Gasteiger charge is 2.11. The fourth-order valence-electron chi connectivity index (χ4n) is 1.39. The molecule has 104 valence electrons. The fourth-order valence-corrected chi connectivity index (χ4v) is 1.39. The second-order valence-corrected chi connectivity index (χ2v) is 5.09. The molecule has 2 N–H and O–H groups in total. The second-order valence-electron chi connectivity index (χ2n) is 5.09. The first-order chi connectivity index (χ1) is 7.90. The molecule has 1 aromatic heterocycles. The zero-order valence-electron chi connectivity index (χ0n) is 11.8. The van der Waals surface area contributed by atoms with Gasteiger partial charge in [0, 0.05) is 30.9 Å². The molecule has 1 aromatic rings. The summed E-state index contributed by atoms with van der Waals surface area (Å²) >= 11 is 0. The Hall–Kier alpha value is -0.790. The predicted molar refractivity (Wildman–Crippen MR) is 86.3 cm³/mol. The minimum atomic E-state index is 0. The number of aromatic nitrogens is 2. The number of nitrogens with one attached hydrogen (secondary N) is 2. The average Bonchev–Trinajstić information content (AvgIpc) is 2.59. The number of rotatable bonds is 3. The van der Waals surface area contributed by atoms with Gasteiger partial charge in [0.15, 0.2) is 5.96 Å². The zero-order valence-corrected chi connectivity index (χ0v) is 14.1. The lowest BCUT2D eigenvalue weighted by Gasteiger charge is -2.23. The summed E-state index contributed by atoms with van der Waals surface area (Å²) in [5, 5.41) is 10.7. The van der Waals surface area contributed by atoms with Crippen molar-refractivity contribution in [3.63, 3.8) is 0 Å². The zero-order chi connectivity index (χ0) is 12.9. The van der Waals surface area contributed by atoms with Gasteiger partial charge in [-0.15, -0.1) is 24.0 Å². The molecule has 0 bridgehead atoms. The van der Waals surface area contributed by atoms with Crippen LogP contribution in [-0.2, 0) is 13.6 Å². The Morgan fingerprint density at radius 2 is 2.11 bits per heavy atom. The van der Waals surface area contributed by atoms with Gasteiger partial charge in [0.25, 0.3) is 0 Å². The van der Waals surface area contributed by atoms with Gasteiger partial charge in [-0.1, -0.05) is 0 Å². The van der Waals surface area contributed by atoms with Crippen LogP contribution in [0.2, 0.25) is 0 Å². The van der Waals surface area contributed by atoms with E-state index in [1.165, 1.54) is 0 Å². The molecule has 0 saturated carbocycles. The molecule has 18 heavy (non-hydrogen) atoms. The number of aryl methyl sites for hydroxylation is 1. The molecule has 0 amide bonds. The quantitative estimate of drug-likeness (QED) is 0.489. The van der Waals surface area contributed by atoms with Crippen molar-refractivity contribution in [3.05, 3.63) is 18.0 Å². The van der Waals surface area contributed by atoms with E-state index in [4.69, 9.17) is 0 Å². The molecule has 1 rings (SSSR count). The van der Waals surface area contributed by atoms with Gasteiger partial charge in [0.1, 0.15) is 0 Å². The van der Waals surface area contributed by atoms with Crippen LogP contribution < -0.4 is 10.6 Å². The summed E-state index contributed by atoms with van der Waals surface area (Å²) in [6.07, 6.45) is 3.81. The van der Waals surface area contributed by atoms with Gasteiger partial charge in [-0.05, 0) is 27.7 Å². The lowest BCUT2D eigenvalue weighted by molar-refractivity contribution is 0.501. The minimum absolute atomic E-state index is 0. The van der Waals surface area contributed by atoms with Gasteiger partial charge in [0.05, 0.1) is 12.7 Å². The molecule has 6 heteroatoms. The Bertz CT molecular complexity index is 378. The normalized spacial score (nSPS) is 11.9. The van der Waals surface area contributed by atoms with Crippen LogP contribution in [-0.4, -0.2) is 27.8 Å². The van der Waals surface area contributed by atoms with E-state index in [0.29, 0.717) is 6.54 Å². The first kappa shape index (κ1) is 17.2. The van der Waals surface area contributed by atoms with Crippen LogP contribution in [0.3, 0.4) is 0 Å². The van der Waals surface area contributed by atoms with Crippen LogP contribution in [0.15, 0.2) is 17.4 Å². The molecule has 5 nitrogen and oxygen atoms in total. The van der Waals surface area contributed by atoms with Crippen molar-refractivity contribution in [1.82, 2.24) is 20.4 Å². The highest BCUT2D eigenvalue weighted by atomic mass is 127. The highest BCUT2D eigenvalue weighted by Crippen LogP contribution is 2.01. The molecule has 0 aromatic carbocycles. The molecule has 0 aliphatic heterocycles. The van der Waals surface area contributed by atoms with E-state index in [1.54, 1.807) is 4.68 Å². The first-order valence-corrected chi connectivity index (χ1v) is 5.95. The van der Waals surface area contributed by atoms with E-state index in [1.807, 2.05) is 19.4 Å². The Morgan fingerprint density at radius 1 is 1.44 bits per heavy atom. The molecule has 0 fully saturated rings. The number of halogens is 1. The molecule has 0 atom stereocenters. The molecule has 0 aliphatic rings. The van der Waals surface area contributed by atoms with Crippen LogP contribution >= 0.6 is 24.0 Å². The topological polar surface area (TPSA) is 54.2 Å². The van der Waals surface area contributed by atoms with E-state index in [9.17, 15) is 0 Å². The van der Waals surface area contributed by atoms with E-state index in [-0.39, 0.29) is 29.5 Å². The summed E-state index contributed by atoms with van der Waals surface area (Å²) in [6.45, 7) is 9.90. The Balaban J connectivity index is 0.00000289. The van der Waals surface area contributed by atoms with Gasteiger partial charge in [0.2, 0.25) is 0 Å². The fraction of sp³-hybridized carbons (Fsp3) is 0.667. The Labute approximate surface area is 126 Å². The molecule has 0 saturated heterocycles. The lowest BCUT2D eigenvalue weighted by atomic mass is 10.1. The number of hydrogen-bond acceptors (Lipinski definition) is 2. The van der Waals surface area contributed by atoms with Gasteiger partial charge in [-0.3, -0.25) is 4.68 Å². The van der Waals surface area contributed by atoms with Crippen LogP contribution in [0, 0.1) is 0 Å². The monoisotopic (exact) mass is 365 g/mol. The number of nitrogens with zero attached hydrogens (tertiary/aromatic N) is 3. The van der Waals surface area contributed by atoms with E-state index >= 15 is 0 Å². The van der Waals surface area contributed by atoms with Crippen molar-refractivity contribution in [2.75, 3.05) is 6.54 Å². The maximum Gasteiger partial charge on any atom is 0.191 e. The van der Waals surface area contributed by atoms with Crippen molar-refractivity contribution >= 4 is 29.9 Å². The third-order valence-electron chi connectivity index (χ3n) is 2.02. The van der Waals surface area contributed by atoms with Crippen LogP contribution in [0.5, 0.6) is 0 Å². The first-order valence-electron chi connectivity index (χ1n) is 5.95. The summed E-state index contributed by atoms with van der Waals surface area (Å²) in [6, 6.07) is 0. The molecule has 0 unspecified atom stereocenters. The smallest absolute Gasteiger partial charge is 0.191 e. The minimum Gasteiger partial charge on any atom is -0.357 e. The third-order valence-corrected chi connectivity index (χ3v) is 2.02. The molecule has 1 heterocycles. The van der Waals surface area contributed by atoms with Crippen molar-refractivity contribution in [2.24, 2.45) is 12.0 Å². The molecule has 0 radical (unpaired) electrons. The molecule has 0 spiro atoms. The van der Waals surface area contributed by atoms with Crippen molar-refractivity contribution in [2.45, 2.75) is 39.8 Å². The van der Waals surface area contributed by atoms with Gasteiger partial charge in [-0.2, -0.15) is 5.10 Å². The van der Waals surface area contributed by atoms with Gasteiger partial charge >= 0.3 is 0 Å². The number of guanidine groups is 1. The summed E-state index contributed by atoms with van der Waals surface area (Å²) in [7, 11) is 1.91. The number of aliphatic imine (C=N–C) groups is 1. The summed E-state index contributed by atoms with van der Waals surface area (Å²) in [5.41, 5.74) is 1.12. The van der Waals surface area contributed by atoms with Crippen molar-refractivity contribution in [3.8, 4) is 0 Å². The molecule has 0 aliphatic carbocycles. The second kappa shape index (κ2) is 7.60. The average molecular weight is 365 g/mol. The van der Waals surface area contributed by atoms with E-state index in [0.717, 1.165) is 18.1 Å². The van der Waals surface area contributed by atoms with Crippen molar-refractivity contribution in [1.29, 1.82) is 0 Å². The van der Waals surface area contributed by atoms with E-state index in [2.05, 4.69) is 48.4 Å². The van der Waals surface area contributed by atoms with Gasteiger partial charge < -0.3 is 10.6 Å². The Morgan fingerprint density at radius 3 is 2.56 bits per heavy atom. The Kier molecular flexibility index (Phi) is 7.27. The highest BCUT2D eigenvalue weighted by molar-refractivity contribution is 14.0. The van der Waals surface area contributed by atoms with Crippen LogP contribution in [0.4, 0.5) is 0 Å². The third kappa shape index (κ3) is 6.83. The van der Waals surface area contributed by atoms with Gasteiger partial charge in [-0.25, -0.2) is 4.99 Å². The molecular weight excluding hydrogens is 341 g/mol. The van der Waals surface area contributed by atoms with E-state index < -0.39 is 0 Å². The summed E-state index contributed by atoms with van der Waals surface area (Å²) < 4.78 is 1.79. The maximum absolute atomic E-state index is 4.52. The SMILES string of the molecule is CCNC(=NCc1cnn(C)c1)NC(C)(C)C.I. The van der Waals surface area contributed by atoms with Crippen LogP contribution in [0.25, 0.3) is 0 Å². The van der Waals surface area contributed by atoms with Crippen molar-refractivity contribution < 1.29 is 0 Å². The summed E-state index contributed by atoms with van der Waals surface area (Å²) in [4.78, 5) is 4.52. The number of hydrogen-bond donors (Lipinski definition) is 2. The molecular formula is C12H24IN5. The maximum atomic E-state index is 4.52. The predicted octanol–water partition coefficient (Wildman–Crippen LogP) is 1.89. The summed E-state index contributed by atoms with van der Waals surface area (Å²) in [5.74, 6) is 0.837. The van der Waals surface area contributed by atoms with Crippen LogP contribution in [0.1, 0.15) is 33.3 Å². The standard InChI is InChI=1S/C12H23N5.HI/c1-6-13-11(16-12(2,3)4)14-7-10-8-15-17(5)9-10;/h8-9H,6-7H2,1-5H3,(H2,13,14,16);1H. The largest absolute Gasteiger partial charge is 0.357 e. The lowest BCUT2D eigenvalue weighted by Crippen LogP contribution is -2.47.